The summed E-state index contributed by atoms with van der Waals surface area (Å²) >= 11 is 0. The van der Waals surface area contributed by atoms with Crippen molar-refractivity contribution in [3.8, 4) is 0 Å². The van der Waals surface area contributed by atoms with Crippen LogP contribution in [0.25, 0.3) is 11.0 Å². The second kappa shape index (κ2) is 5.13. The van der Waals surface area contributed by atoms with E-state index in [0.717, 1.165) is 11.9 Å². The first kappa shape index (κ1) is 13.1. The minimum atomic E-state index is 0.0949. The van der Waals surface area contributed by atoms with Crippen LogP contribution in [0.3, 0.4) is 0 Å². The van der Waals surface area contributed by atoms with Crippen LogP contribution in [0, 0.1) is 0 Å². The van der Waals surface area contributed by atoms with Crippen LogP contribution in [-0.2, 0) is 12.0 Å². The van der Waals surface area contributed by atoms with Gasteiger partial charge in [-0.2, -0.15) is 0 Å². The molecule has 0 unspecified atom stereocenters. The Morgan fingerprint density at radius 3 is 2.50 bits per heavy atom. The van der Waals surface area contributed by atoms with Crippen molar-refractivity contribution in [2.45, 2.75) is 58.9 Å². The molecule has 0 aliphatic rings. The van der Waals surface area contributed by atoms with Crippen molar-refractivity contribution in [1.29, 1.82) is 0 Å². The topological polar surface area (TPSA) is 17.8 Å². The Kier molecular flexibility index (Phi) is 3.74. The highest BCUT2D eigenvalue weighted by atomic mass is 15.1. The standard InChI is InChI=1S/C16H24N2/c1-5-6-7-12-15-17-13-10-8-9-11-14(13)18(15)16(2,3)4/h8-11H,5-7,12H2,1-4H3. The van der Waals surface area contributed by atoms with Crippen molar-refractivity contribution in [3.63, 3.8) is 0 Å². The van der Waals surface area contributed by atoms with Crippen molar-refractivity contribution >= 4 is 11.0 Å². The molecule has 18 heavy (non-hydrogen) atoms. The van der Waals surface area contributed by atoms with Gasteiger partial charge in [0.25, 0.3) is 0 Å². The van der Waals surface area contributed by atoms with Gasteiger partial charge < -0.3 is 4.57 Å². The van der Waals surface area contributed by atoms with Crippen LogP contribution in [0.1, 0.15) is 52.8 Å². The number of hydrogen-bond donors (Lipinski definition) is 0. The lowest BCUT2D eigenvalue weighted by Crippen LogP contribution is -2.24. The fraction of sp³-hybridized carbons (Fsp3) is 0.562. The molecule has 0 saturated carbocycles. The van der Waals surface area contributed by atoms with Crippen LogP contribution in [0.4, 0.5) is 0 Å². The molecule has 0 aliphatic heterocycles. The summed E-state index contributed by atoms with van der Waals surface area (Å²) in [5.41, 5.74) is 2.48. The zero-order chi connectivity index (χ0) is 13.2. The minimum Gasteiger partial charge on any atom is -0.323 e. The Balaban J connectivity index is 2.44. The molecule has 0 spiro atoms. The third-order valence-electron chi connectivity index (χ3n) is 3.31. The molecule has 0 amide bonds. The summed E-state index contributed by atoms with van der Waals surface area (Å²) in [4.78, 5) is 4.81. The van der Waals surface area contributed by atoms with Gasteiger partial charge in [-0.05, 0) is 39.3 Å². The van der Waals surface area contributed by atoms with Gasteiger partial charge in [-0.3, -0.25) is 0 Å². The van der Waals surface area contributed by atoms with Gasteiger partial charge in [-0.1, -0.05) is 31.9 Å². The number of nitrogens with zero attached hydrogens (tertiary/aromatic N) is 2. The third-order valence-corrected chi connectivity index (χ3v) is 3.31. The highest BCUT2D eigenvalue weighted by Gasteiger charge is 2.20. The number of aryl methyl sites for hydroxylation is 1. The maximum absolute atomic E-state index is 4.81. The van der Waals surface area contributed by atoms with E-state index in [4.69, 9.17) is 4.98 Å². The summed E-state index contributed by atoms with van der Waals surface area (Å²) in [6.07, 6.45) is 4.86. The number of unbranched alkanes of at least 4 members (excludes halogenated alkanes) is 2. The quantitative estimate of drug-likeness (QED) is 0.723. The Hall–Kier alpha value is -1.31. The highest BCUT2D eigenvalue weighted by Crippen LogP contribution is 2.25. The fourth-order valence-corrected chi connectivity index (χ4v) is 2.53. The number of aromatic nitrogens is 2. The number of imidazole rings is 1. The van der Waals surface area contributed by atoms with Crippen molar-refractivity contribution < 1.29 is 0 Å². The van der Waals surface area contributed by atoms with Crippen LogP contribution in [0.2, 0.25) is 0 Å². The van der Waals surface area contributed by atoms with E-state index >= 15 is 0 Å². The molecule has 0 bridgehead atoms. The van der Waals surface area contributed by atoms with E-state index in [0.29, 0.717) is 0 Å². The summed E-state index contributed by atoms with van der Waals surface area (Å²) in [6.45, 7) is 9.01. The molecule has 0 atom stereocenters. The van der Waals surface area contributed by atoms with Crippen molar-refractivity contribution in [2.75, 3.05) is 0 Å². The van der Waals surface area contributed by atoms with Gasteiger partial charge in [0.2, 0.25) is 0 Å². The monoisotopic (exact) mass is 244 g/mol. The lowest BCUT2D eigenvalue weighted by Gasteiger charge is -2.24. The summed E-state index contributed by atoms with van der Waals surface area (Å²) in [5.74, 6) is 1.23. The molecule has 0 N–H and O–H groups in total. The lowest BCUT2D eigenvalue weighted by molar-refractivity contribution is 0.392. The SMILES string of the molecule is CCCCCc1nc2ccccc2n1C(C)(C)C. The molecule has 0 aliphatic carbocycles. The van der Waals surface area contributed by atoms with Crippen LogP contribution in [0.5, 0.6) is 0 Å². The molecule has 98 valence electrons. The summed E-state index contributed by atoms with van der Waals surface area (Å²) in [6, 6.07) is 8.46. The van der Waals surface area contributed by atoms with Gasteiger partial charge in [-0.15, -0.1) is 0 Å². The summed E-state index contributed by atoms with van der Waals surface area (Å²) in [7, 11) is 0. The van der Waals surface area contributed by atoms with E-state index in [-0.39, 0.29) is 5.54 Å². The molecule has 1 aromatic carbocycles. The number of fused-ring (bicyclic) bond motifs is 1. The van der Waals surface area contributed by atoms with E-state index in [2.05, 4.69) is 56.5 Å². The van der Waals surface area contributed by atoms with Gasteiger partial charge in [0.15, 0.2) is 0 Å². The Morgan fingerprint density at radius 1 is 1.11 bits per heavy atom. The van der Waals surface area contributed by atoms with Crippen LogP contribution in [0.15, 0.2) is 24.3 Å². The second-order valence-corrected chi connectivity index (χ2v) is 5.98. The fourth-order valence-electron chi connectivity index (χ4n) is 2.53. The molecular formula is C16H24N2. The molecule has 0 saturated heterocycles. The van der Waals surface area contributed by atoms with E-state index in [1.165, 1.54) is 30.6 Å². The molecule has 2 rings (SSSR count). The molecular weight excluding hydrogens is 220 g/mol. The number of benzene rings is 1. The molecule has 0 radical (unpaired) electrons. The first-order chi connectivity index (χ1) is 8.54. The predicted octanol–water partition coefficient (Wildman–Crippen LogP) is 4.52. The molecule has 2 nitrogen and oxygen atoms in total. The van der Waals surface area contributed by atoms with E-state index in [9.17, 15) is 0 Å². The normalized spacial score (nSPS) is 12.2. The maximum atomic E-state index is 4.81. The average molecular weight is 244 g/mol. The minimum absolute atomic E-state index is 0.0949. The molecule has 1 aromatic heterocycles. The zero-order valence-electron chi connectivity index (χ0n) is 12.0. The van der Waals surface area contributed by atoms with Gasteiger partial charge in [0, 0.05) is 12.0 Å². The van der Waals surface area contributed by atoms with Gasteiger partial charge in [0.1, 0.15) is 5.82 Å². The molecule has 0 fully saturated rings. The second-order valence-electron chi connectivity index (χ2n) is 5.98. The van der Waals surface area contributed by atoms with E-state index in [1.54, 1.807) is 0 Å². The highest BCUT2D eigenvalue weighted by molar-refractivity contribution is 5.76. The zero-order valence-corrected chi connectivity index (χ0v) is 12.0. The van der Waals surface area contributed by atoms with Gasteiger partial charge in [-0.25, -0.2) is 4.98 Å². The van der Waals surface area contributed by atoms with Crippen LogP contribution >= 0.6 is 0 Å². The first-order valence-electron chi connectivity index (χ1n) is 7.01. The predicted molar refractivity (Wildman–Crippen MR) is 78.0 cm³/mol. The first-order valence-corrected chi connectivity index (χ1v) is 7.01. The smallest absolute Gasteiger partial charge is 0.110 e. The third kappa shape index (κ3) is 2.58. The largest absolute Gasteiger partial charge is 0.323 e. The van der Waals surface area contributed by atoms with Crippen molar-refractivity contribution in [1.82, 2.24) is 9.55 Å². The Labute approximate surface area is 110 Å². The number of rotatable bonds is 4. The lowest BCUT2D eigenvalue weighted by atomic mass is 10.1. The number of para-hydroxylation sites is 2. The molecule has 1 heterocycles. The van der Waals surface area contributed by atoms with Gasteiger partial charge in [0.05, 0.1) is 11.0 Å². The average Bonchev–Trinajstić information content (AvgIpc) is 2.67. The molecule has 2 heteroatoms. The van der Waals surface area contributed by atoms with E-state index in [1.807, 2.05) is 0 Å². The van der Waals surface area contributed by atoms with Crippen LogP contribution in [-0.4, -0.2) is 9.55 Å². The van der Waals surface area contributed by atoms with E-state index < -0.39 is 0 Å². The van der Waals surface area contributed by atoms with Crippen molar-refractivity contribution in [2.24, 2.45) is 0 Å². The maximum Gasteiger partial charge on any atom is 0.110 e. The van der Waals surface area contributed by atoms with Crippen molar-refractivity contribution in [3.05, 3.63) is 30.1 Å². The Morgan fingerprint density at radius 2 is 1.83 bits per heavy atom. The summed E-state index contributed by atoms with van der Waals surface area (Å²) in [5, 5.41) is 0. The molecule has 2 aromatic rings. The van der Waals surface area contributed by atoms with Crippen LogP contribution < -0.4 is 0 Å². The Bertz CT molecular complexity index is 517. The summed E-state index contributed by atoms with van der Waals surface area (Å²) < 4.78 is 2.40. The number of hydrogen-bond acceptors (Lipinski definition) is 1. The van der Waals surface area contributed by atoms with Gasteiger partial charge >= 0.3 is 0 Å².